The molecule has 0 aliphatic rings. The molecule has 0 aromatic rings. The van der Waals surface area contributed by atoms with Gasteiger partial charge < -0.3 is 0 Å². The molecule has 19 heavy (non-hydrogen) atoms. The van der Waals surface area contributed by atoms with Crippen molar-refractivity contribution in [2.45, 2.75) is 6.92 Å². The standard InChI is InChI=1S/C18H20O/c1-5-9-11-17(8-4)13-15-18(19)14-12-16(7-3)10-6-2/h5-15H,2-4H2,1H3/b9-5-,14-12+,15-13+,16-10+,17-11+. The summed E-state index contributed by atoms with van der Waals surface area (Å²) in [5, 5.41) is 0. The van der Waals surface area contributed by atoms with E-state index in [1.165, 1.54) is 12.2 Å². The van der Waals surface area contributed by atoms with Crippen LogP contribution < -0.4 is 0 Å². The molecule has 0 aliphatic carbocycles. The molecule has 0 heterocycles. The van der Waals surface area contributed by atoms with Crippen LogP contribution in [0.1, 0.15) is 6.92 Å². The topological polar surface area (TPSA) is 17.1 Å². The van der Waals surface area contributed by atoms with E-state index in [-0.39, 0.29) is 5.78 Å². The van der Waals surface area contributed by atoms with Crippen LogP contribution in [-0.2, 0) is 4.79 Å². The highest BCUT2D eigenvalue weighted by Crippen LogP contribution is 2.01. The lowest BCUT2D eigenvalue weighted by Crippen LogP contribution is -1.86. The molecule has 0 aromatic carbocycles. The first-order valence-electron chi connectivity index (χ1n) is 5.98. The second-order valence-corrected chi connectivity index (χ2v) is 3.57. The zero-order chi connectivity index (χ0) is 14.5. The fourth-order valence-electron chi connectivity index (χ4n) is 1.14. The van der Waals surface area contributed by atoms with Crippen LogP contribution in [0.5, 0.6) is 0 Å². The van der Waals surface area contributed by atoms with E-state index in [9.17, 15) is 4.79 Å². The fraction of sp³-hybridized carbons (Fsp3) is 0.0556. The first-order chi connectivity index (χ1) is 9.17. The van der Waals surface area contributed by atoms with Crippen LogP contribution in [-0.4, -0.2) is 5.78 Å². The van der Waals surface area contributed by atoms with Crippen molar-refractivity contribution in [3.63, 3.8) is 0 Å². The predicted molar refractivity (Wildman–Crippen MR) is 84.9 cm³/mol. The quantitative estimate of drug-likeness (QED) is 0.454. The molecule has 0 radical (unpaired) electrons. The number of hydrogen-bond donors (Lipinski definition) is 0. The third-order valence-corrected chi connectivity index (χ3v) is 2.14. The largest absolute Gasteiger partial charge is 0.290 e. The molecule has 1 heteroatoms. The molecule has 0 saturated heterocycles. The van der Waals surface area contributed by atoms with E-state index in [0.29, 0.717) is 0 Å². The molecule has 0 spiro atoms. The summed E-state index contributed by atoms with van der Waals surface area (Å²) in [6, 6.07) is 0. The molecule has 1 nitrogen and oxygen atoms in total. The van der Waals surface area contributed by atoms with Crippen molar-refractivity contribution >= 4 is 5.78 Å². The van der Waals surface area contributed by atoms with E-state index in [1.807, 2.05) is 25.2 Å². The summed E-state index contributed by atoms with van der Waals surface area (Å²) < 4.78 is 0. The van der Waals surface area contributed by atoms with Gasteiger partial charge in [0, 0.05) is 0 Å². The molecule has 0 bridgehead atoms. The summed E-state index contributed by atoms with van der Waals surface area (Å²) in [5.41, 5.74) is 1.72. The Morgan fingerprint density at radius 2 is 1.37 bits per heavy atom. The third-order valence-electron chi connectivity index (χ3n) is 2.14. The molecule has 0 aliphatic heterocycles. The maximum Gasteiger partial charge on any atom is 0.178 e. The van der Waals surface area contributed by atoms with Crippen LogP contribution >= 0.6 is 0 Å². The van der Waals surface area contributed by atoms with E-state index in [0.717, 1.165) is 11.1 Å². The van der Waals surface area contributed by atoms with Gasteiger partial charge in [-0.1, -0.05) is 74.4 Å². The minimum atomic E-state index is -0.0926. The molecular formula is C18H20O. The van der Waals surface area contributed by atoms with E-state index in [1.54, 1.807) is 36.5 Å². The molecule has 0 fully saturated rings. The van der Waals surface area contributed by atoms with Gasteiger partial charge in [0.05, 0.1) is 0 Å². The second-order valence-electron chi connectivity index (χ2n) is 3.57. The summed E-state index contributed by atoms with van der Waals surface area (Å²) in [6.07, 6.45) is 18.9. The zero-order valence-electron chi connectivity index (χ0n) is 11.4. The number of carbonyl (C=O) groups excluding carboxylic acids is 1. The SMILES string of the molecule is C=C/C=C(C=C)/C=C/C(=O)/C=C/C(C=C)=C/C=C\C. The summed E-state index contributed by atoms with van der Waals surface area (Å²) in [7, 11) is 0. The van der Waals surface area contributed by atoms with E-state index < -0.39 is 0 Å². The molecule has 0 rings (SSSR count). The van der Waals surface area contributed by atoms with Gasteiger partial charge >= 0.3 is 0 Å². The lowest BCUT2D eigenvalue weighted by atomic mass is 10.1. The van der Waals surface area contributed by atoms with Crippen molar-refractivity contribution in [3.05, 3.63) is 97.7 Å². The van der Waals surface area contributed by atoms with Crippen molar-refractivity contribution < 1.29 is 4.79 Å². The van der Waals surface area contributed by atoms with Gasteiger partial charge in [-0.15, -0.1) is 0 Å². The summed E-state index contributed by atoms with van der Waals surface area (Å²) in [4.78, 5) is 11.6. The summed E-state index contributed by atoms with van der Waals surface area (Å²) in [6.45, 7) is 12.9. The van der Waals surface area contributed by atoms with Crippen LogP contribution in [0.15, 0.2) is 97.7 Å². The normalized spacial score (nSPS) is 13.3. The smallest absolute Gasteiger partial charge is 0.178 e. The van der Waals surface area contributed by atoms with E-state index in [4.69, 9.17) is 0 Å². The van der Waals surface area contributed by atoms with Crippen LogP contribution in [0.4, 0.5) is 0 Å². The van der Waals surface area contributed by atoms with Gasteiger partial charge in [-0.05, 0) is 30.2 Å². The second kappa shape index (κ2) is 10.7. The molecule has 0 N–H and O–H groups in total. The predicted octanol–water partition coefficient (Wildman–Crippen LogP) is 4.65. The molecule has 98 valence electrons. The van der Waals surface area contributed by atoms with E-state index >= 15 is 0 Å². The number of rotatable bonds is 8. The van der Waals surface area contributed by atoms with Crippen LogP contribution in [0, 0.1) is 0 Å². The summed E-state index contributed by atoms with van der Waals surface area (Å²) >= 11 is 0. The Hall–Kier alpha value is -2.41. The Bertz CT molecular complexity index is 480. The number of hydrogen-bond acceptors (Lipinski definition) is 1. The van der Waals surface area contributed by atoms with Gasteiger partial charge in [-0.3, -0.25) is 4.79 Å². The number of carbonyl (C=O) groups is 1. The van der Waals surface area contributed by atoms with Gasteiger partial charge in [0.2, 0.25) is 0 Å². The average molecular weight is 252 g/mol. The minimum Gasteiger partial charge on any atom is -0.290 e. The lowest BCUT2D eigenvalue weighted by molar-refractivity contribution is -0.110. The molecule has 0 atom stereocenters. The molecule has 0 unspecified atom stereocenters. The number of allylic oxidation sites excluding steroid dienone is 13. The zero-order valence-corrected chi connectivity index (χ0v) is 11.4. The fourth-order valence-corrected chi connectivity index (χ4v) is 1.14. The number of ketones is 1. The maximum atomic E-state index is 11.6. The van der Waals surface area contributed by atoms with Gasteiger partial charge in [0.25, 0.3) is 0 Å². The van der Waals surface area contributed by atoms with Crippen LogP contribution in [0.25, 0.3) is 0 Å². The van der Waals surface area contributed by atoms with Gasteiger partial charge in [0.1, 0.15) is 0 Å². The highest BCUT2D eigenvalue weighted by Gasteiger charge is 1.90. The average Bonchev–Trinajstić information content (AvgIpc) is 2.43. The van der Waals surface area contributed by atoms with Crippen molar-refractivity contribution in [3.8, 4) is 0 Å². The van der Waals surface area contributed by atoms with Crippen molar-refractivity contribution in [1.29, 1.82) is 0 Å². The Kier molecular flexibility index (Phi) is 9.37. The molecule has 0 aromatic heterocycles. The highest BCUT2D eigenvalue weighted by molar-refractivity contribution is 5.99. The van der Waals surface area contributed by atoms with Gasteiger partial charge in [0.15, 0.2) is 5.78 Å². The maximum absolute atomic E-state index is 11.6. The van der Waals surface area contributed by atoms with Gasteiger partial charge in [-0.25, -0.2) is 0 Å². The summed E-state index contributed by atoms with van der Waals surface area (Å²) in [5.74, 6) is -0.0926. The minimum absolute atomic E-state index is 0.0926. The highest BCUT2D eigenvalue weighted by atomic mass is 16.1. The Morgan fingerprint density at radius 3 is 1.79 bits per heavy atom. The first kappa shape index (κ1) is 16.6. The Balaban J connectivity index is 4.74. The molecule has 0 amide bonds. The van der Waals surface area contributed by atoms with Crippen molar-refractivity contribution in [1.82, 2.24) is 0 Å². The van der Waals surface area contributed by atoms with Crippen molar-refractivity contribution in [2.75, 3.05) is 0 Å². The van der Waals surface area contributed by atoms with Crippen molar-refractivity contribution in [2.24, 2.45) is 0 Å². The van der Waals surface area contributed by atoms with Crippen LogP contribution in [0.2, 0.25) is 0 Å². The van der Waals surface area contributed by atoms with Crippen LogP contribution in [0.3, 0.4) is 0 Å². The Morgan fingerprint density at radius 1 is 0.842 bits per heavy atom. The molecular weight excluding hydrogens is 232 g/mol. The lowest BCUT2D eigenvalue weighted by Gasteiger charge is -1.91. The monoisotopic (exact) mass is 252 g/mol. The molecule has 0 saturated carbocycles. The Labute approximate surface area is 116 Å². The first-order valence-corrected chi connectivity index (χ1v) is 5.98. The van der Waals surface area contributed by atoms with Gasteiger partial charge in [-0.2, -0.15) is 0 Å². The van der Waals surface area contributed by atoms with E-state index in [2.05, 4.69) is 19.7 Å². The third kappa shape index (κ3) is 8.33.